The summed E-state index contributed by atoms with van der Waals surface area (Å²) in [7, 11) is 1.64. The van der Waals surface area contributed by atoms with E-state index in [0.29, 0.717) is 24.1 Å². The van der Waals surface area contributed by atoms with Crippen LogP contribution in [0, 0.1) is 6.92 Å². The van der Waals surface area contributed by atoms with Crippen molar-refractivity contribution in [2.45, 2.75) is 38.6 Å². The number of carbonyl (C=O) groups excluding carboxylic acids is 1. The number of aryl methyl sites for hydroxylation is 1. The number of ether oxygens (including phenoxy) is 1. The van der Waals surface area contributed by atoms with Crippen molar-refractivity contribution in [2.75, 3.05) is 13.7 Å². The van der Waals surface area contributed by atoms with Crippen LogP contribution in [-0.2, 0) is 17.6 Å². The summed E-state index contributed by atoms with van der Waals surface area (Å²) in [6.07, 6.45) is 3.71. The number of rotatable bonds is 6. The topological polar surface area (TPSA) is 80.0 Å². The Hall–Kier alpha value is -2.76. The lowest BCUT2D eigenvalue weighted by atomic mass is 10.0. The first kappa shape index (κ1) is 18.0. The van der Waals surface area contributed by atoms with Gasteiger partial charge in [-0.2, -0.15) is 0 Å². The van der Waals surface area contributed by atoms with Crippen LogP contribution in [0.1, 0.15) is 40.1 Å². The third-order valence-electron chi connectivity index (χ3n) is 4.86. The minimum atomic E-state index is -1.01. The maximum atomic E-state index is 13.1. The van der Waals surface area contributed by atoms with Gasteiger partial charge in [-0.1, -0.05) is 18.2 Å². The van der Waals surface area contributed by atoms with Gasteiger partial charge in [-0.05, 0) is 37.8 Å². The Morgan fingerprint density at radius 2 is 2.12 bits per heavy atom. The van der Waals surface area contributed by atoms with E-state index in [-0.39, 0.29) is 24.1 Å². The Labute approximate surface area is 152 Å². The van der Waals surface area contributed by atoms with E-state index in [4.69, 9.17) is 14.3 Å². The van der Waals surface area contributed by atoms with E-state index in [0.717, 1.165) is 24.2 Å². The van der Waals surface area contributed by atoms with E-state index in [1.165, 1.54) is 6.26 Å². The second-order valence-corrected chi connectivity index (χ2v) is 6.60. The highest BCUT2D eigenvalue weighted by Gasteiger charge is 2.33. The molecule has 1 aliphatic heterocycles. The van der Waals surface area contributed by atoms with E-state index in [2.05, 4.69) is 0 Å². The van der Waals surface area contributed by atoms with Crippen molar-refractivity contribution in [3.63, 3.8) is 0 Å². The highest BCUT2D eigenvalue weighted by Crippen LogP contribution is 2.29. The Bertz CT molecular complexity index is 810. The van der Waals surface area contributed by atoms with E-state index >= 15 is 0 Å². The normalized spacial score (nSPS) is 16.7. The van der Waals surface area contributed by atoms with Crippen molar-refractivity contribution in [3.05, 3.63) is 53.0 Å². The molecule has 6 heteroatoms. The summed E-state index contributed by atoms with van der Waals surface area (Å²) >= 11 is 0. The second-order valence-electron chi connectivity index (χ2n) is 6.60. The minimum Gasteiger partial charge on any atom is -0.496 e. The van der Waals surface area contributed by atoms with Crippen LogP contribution in [0.5, 0.6) is 5.75 Å². The molecular weight excluding hydrogens is 334 g/mol. The zero-order valence-corrected chi connectivity index (χ0v) is 15.0. The van der Waals surface area contributed by atoms with E-state index in [1.807, 2.05) is 29.2 Å². The average molecular weight is 357 g/mol. The molecule has 0 saturated carbocycles. The van der Waals surface area contributed by atoms with E-state index in [1.54, 1.807) is 14.0 Å². The van der Waals surface area contributed by atoms with Crippen molar-refractivity contribution >= 4 is 11.9 Å². The average Bonchev–Trinajstić information content (AvgIpc) is 3.21. The van der Waals surface area contributed by atoms with Crippen LogP contribution in [0.15, 0.2) is 34.9 Å². The number of carboxylic acids is 1. The molecule has 1 atom stereocenters. The van der Waals surface area contributed by atoms with Crippen LogP contribution in [0.25, 0.3) is 0 Å². The summed E-state index contributed by atoms with van der Waals surface area (Å²) in [6, 6.07) is 7.88. The largest absolute Gasteiger partial charge is 0.496 e. The molecule has 2 aromatic rings. The number of methoxy groups -OCH3 is 1. The summed E-state index contributed by atoms with van der Waals surface area (Å²) in [4.78, 5) is 26.0. The van der Waals surface area contributed by atoms with E-state index in [9.17, 15) is 9.59 Å². The van der Waals surface area contributed by atoms with Crippen molar-refractivity contribution in [3.8, 4) is 5.75 Å². The summed E-state index contributed by atoms with van der Waals surface area (Å²) in [5.41, 5.74) is 2.13. The zero-order valence-electron chi connectivity index (χ0n) is 15.0. The van der Waals surface area contributed by atoms with Gasteiger partial charge in [0.1, 0.15) is 17.9 Å². The van der Waals surface area contributed by atoms with Gasteiger partial charge in [0.15, 0.2) is 0 Å². The number of aliphatic carboxylic acids is 1. The number of carbonyl (C=O) groups is 2. The van der Waals surface area contributed by atoms with Gasteiger partial charge in [-0.25, -0.2) is 0 Å². The third kappa shape index (κ3) is 3.59. The summed E-state index contributed by atoms with van der Waals surface area (Å²) in [6.45, 7) is 2.43. The molecular formula is C20H23NO5. The Morgan fingerprint density at radius 1 is 1.35 bits per heavy atom. The molecule has 0 aliphatic carbocycles. The highest BCUT2D eigenvalue weighted by molar-refractivity contribution is 5.97. The number of benzene rings is 1. The van der Waals surface area contributed by atoms with Crippen LogP contribution >= 0.6 is 0 Å². The van der Waals surface area contributed by atoms with Gasteiger partial charge in [0.25, 0.3) is 5.91 Å². The highest BCUT2D eigenvalue weighted by atomic mass is 16.5. The fraction of sp³-hybridized carbons (Fsp3) is 0.400. The molecule has 1 fully saturated rings. The zero-order chi connectivity index (χ0) is 18.7. The molecule has 2 heterocycles. The monoisotopic (exact) mass is 357 g/mol. The van der Waals surface area contributed by atoms with Crippen molar-refractivity contribution in [2.24, 2.45) is 0 Å². The molecule has 1 amide bonds. The molecule has 1 saturated heterocycles. The fourth-order valence-corrected chi connectivity index (χ4v) is 3.64. The van der Waals surface area contributed by atoms with Gasteiger partial charge < -0.3 is 19.2 Å². The number of likely N-dealkylation sites (tertiary alicyclic amines) is 1. The van der Waals surface area contributed by atoms with E-state index < -0.39 is 5.97 Å². The molecule has 0 spiro atoms. The van der Waals surface area contributed by atoms with Gasteiger partial charge in [-0.3, -0.25) is 9.59 Å². The molecule has 0 bridgehead atoms. The lowest BCUT2D eigenvalue weighted by Gasteiger charge is -2.25. The predicted octanol–water partition coefficient (Wildman–Crippen LogP) is 3.07. The van der Waals surface area contributed by atoms with Gasteiger partial charge >= 0.3 is 5.97 Å². The maximum Gasteiger partial charge on any atom is 0.311 e. The fourth-order valence-electron chi connectivity index (χ4n) is 3.64. The van der Waals surface area contributed by atoms with Gasteiger partial charge in [0, 0.05) is 18.2 Å². The van der Waals surface area contributed by atoms with Gasteiger partial charge in [0.05, 0.1) is 18.9 Å². The molecule has 1 aromatic carbocycles. The third-order valence-corrected chi connectivity index (χ3v) is 4.86. The molecule has 6 nitrogen and oxygen atoms in total. The lowest BCUT2D eigenvalue weighted by Crippen LogP contribution is -2.37. The van der Waals surface area contributed by atoms with Crippen LogP contribution < -0.4 is 4.74 Å². The standard InChI is InChI=1S/C20H23NO5/c1-13-12-26-17(11-18(22)23)19(13)20(24)21-9-5-7-15(21)10-14-6-3-4-8-16(14)25-2/h3-4,6,8,12,15H,5,7,9-11H2,1-2H3,(H,22,23). The van der Waals surface area contributed by atoms with Crippen molar-refractivity contribution < 1.29 is 23.8 Å². The first-order chi connectivity index (χ1) is 12.5. The molecule has 26 heavy (non-hydrogen) atoms. The Balaban J connectivity index is 1.83. The summed E-state index contributed by atoms with van der Waals surface area (Å²) in [5, 5.41) is 9.05. The number of hydrogen-bond donors (Lipinski definition) is 1. The quantitative estimate of drug-likeness (QED) is 0.859. The molecule has 1 unspecified atom stereocenters. The summed E-state index contributed by atoms with van der Waals surface area (Å²) in [5.74, 6) is -0.119. The number of amides is 1. The van der Waals surface area contributed by atoms with Crippen LogP contribution in [0.3, 0.4) is 0 Å². The second kappa shape index (κ2) is 7.64. The van der Waals surface area contributed by atoms with Crippen LogP contribution in [0.4, 0.5) is 0 Å². The number of carboxylic acid groups (broad SMARTS) is 1. The molecule has 1 aromatic heterocycles. The van der Waals surface area contributed by atoms with Crippen LogP contribution in [-0.4, -0.2) is 41.6 Å². The molecule has 138 valence electrons. The maximum absolute atomic E-state index is 13.1. The Kier molecular flexibility index (Phi) is 5.30. The first-order valence-electron chi connectivity index (χ1n) is 8.73. The lowest BCUT2D eigenvalue weighted by molar-refractivity contribution is -0.136. The van der Waals surface area contributed by atoms with Gasteiger partial charge in [-0.15, -0.1) is 0 Å². The first-order valence-corrected chi connectivity index (χ1v) is 8.73. The SMILES string of the molecule is COc1ccccc1CC1CCCN1C(=O)c1c(C)coc1CC(=O)O. The number of furan rings is 1. The molecule has 0 radical (unpaired) electrons. The molecule has 3 rings (SSSR count). The van der Waals surface area contributed by atoms with Crippen molar-refractivity contribution in [1.29, 1.82) is 0 Å². The molecule has 1 N–H and O–H groups in total. The van der Waals surface area contributed by atoms with Crippen molar-refractivity contribution in [1.82, 2.24) is 4.90 Å². The van der Waals surface area contributed by atoms with Gasteiger partial charge in [0.2, 0.25) is 0 Å². The van der Waals surface area contributed by atoms with Crippen LogP contribution in [0.2, 0.25) is 0 Å². The smallest absolute Gasteiger partial charge is 0.311 e. The number of nitrogens with zero attached hydrogens (tertiary/aromatic N) is 1. The Morgan fingerprint density at radius 3 is 2.85 bits per heavy atom. The summed E-state index contributed by atoms with van der Waals surface area (Å²) < 4.78 is 10.8. The molecule has 1 aliphatic rings. The number of para-hydroxylation sites is 1. The minimum absolute atomic E-state index is 0.0609. The number of hydrogen-bond acceptors (Lipinski definition) is 4. The predicted molar refractivity (Wildman–Crippen MR) is 95.5 cm³/mol.